The quantitative estimate of drug-likeness (QED) is 0.832. The van der Waals surface area contributed by atoms with E-state index in [-0.39, 0.29) is 16.8 Å². The maximum atomic E-state index is 12.3. The molecule has 0 saturated heterocycles. The van der Waals surface area contributed by atoms with Crippen molar-refractivity contribution in [2.45, 2.75) is 43.0 Å². The van der Waals surface area contributed by atoms with Crippen LogP contribution in [0.3, 0.4) is 0 Å². The minimum Gasteiger partial charge on any atom is -0.348 e. The van der Waals surface area contributed by atoms with E-state index in [1.165, 1.54) is 24.0 Å². The van der Waals surface area contributed by atoms with Gasteiger partial charge in [0.2, 0.25) is 0 Å². The van der Waals surface area contributed by atoms with Gasteiger partial charge < -0.3 is 10.6 Å². The summed E-state index contributed by atoms with van der Waals surface area (Å²) in [5.41, 5.74) is 1.13. The van der Waals surface area contributed by atoms with Crippen molar-refractivity contribution in [3.8, 4) is 0 Å². The average Bonchev–Trinajstić information content (AvgIpc) is 3.04. The number of carbonyl (C=O) groups is 1. The predicted octanol–water partition coefficient (Wildman–Crippen LogP) is 3.35. The molecule has 0 atom stereocenters. The number of anilines is 2. The first kappa shape index (κ1) is 17.9. The second kappa shape index (κ2) is 7.53. The predicted molar refractivity (Wildman–Crippen MR) is 99.3 cm³/mol. The molecule has 3 rings (SSSR count). The summed E-state index contributed by atoms with van der Waals surface area (Å²) in [7, 11) is -3.21. The number of nitrogens with zero attached hydrogens (tertiary/aromatic N) is 1. The highest BCUT2D eigenvalue weighted by atomic mass is 32.2. The Morgan fingerprint density at radius 3 is 2.48 bits per heavy atom. The second-order valence-electron chi connectivity index (χ2n) is 6.27. The Bertz CT molecular complexity index is 838. The van der Waals surface area contributed by atoms with Gasteiger partial charge in [0.15, 0.2) is 15.0 Å². The lowest BCUT2D eigenvalue weighted by molar-refractivity contribution is 0.0923. The van der Waals surface area contributed by atoms with Crippen molar-refractivity contribution in [2.75, 3.05) is 11.6 Å². The van der Waals surface area contributed by atoms with E-state index in [1.807, 2.05) is 0 Å². The van der Waals surface area contributed by atoms with Gasteiger partial charge >= 0.3 is 0 Å². The van der Waals surface area contributed by atoms with Crippen molar-refractivity contribution < 1.29 is 13.2 Å². The van der Waals surface area contributed by atoms with Gasteiger partial charge in [-0.1, -0.05) is 19.3 Å². The fraction of sp³-hybridized carbons (Fsp3) is 0.412. The van der Waals surface area contributed by atoms with E-state index in [0.29, 0.717) is 10.8 Å². The smallest absolute Gasteiger partial charge is 0.271 e. The molecule has 1 heterocycles. The molecule has 8 heteroatoms. The highest BCUT2D eigenvalue weighted by Gasteiger charge is 2.18. The molecule has 0 radical (unpaired) electrons. The minimum atomic E-state index is -3.21. The molecular weight excluding hydrogens is 358 g/mol. The lowest BCUT2D eigenvalue weighted by Gasteiger charge is -2.22. The maximum absolute atomic E-state index is 12.3. The fourth-order valence-corrected chi connectivity index (χ4v) is 4.19. The molecule has 1 amide bonds. The number of hydrogen-bond acceptors (Lipinski definition) is 6. The Balaban J connectivity index is 1.62. The molecule has 2 aromatic rings. The third kappa shape index (κ3) is 4.79. The molecular formula is C17H21N3O3S2. The molecule has 1 aromatic heterocycles. The summed E-state index contributed by atoms with van der Waals surface area (Å²) >= 11 is 1.34. The van der Waals surface area contributed by atoms with Crippen molar-refractivity contribution in [1.29, 1.82) is 0 Å². The largest absolute Gasteiger partial charge is 0.348 e. The zero-order chi connectivity index (χ0) is 17.9. The van der Waals surface area contributed by atoms with Gasteiger partial charge in [-0.05, 0) is 37.1 Å². The summed E-state index contributed by atoms with van der Waals surface area (Å²) in [6.07, 6.45) is 6.82. The highest BCUT2D eigenvalue weighted by molar-refractivity contribution is 7.90. The van der Waals surface area contributed by atoms with Crippen molar-refractivity contribution in [1.82, 2.24) is 10.3 Å². The van der Waals surface area contributed by atoms with E-state index in [0.717, 1.165) is 31.4 Å². The van der Waals surface area contributed by atoms with Crippen LogP contribution in [0.5, 0.6) is 0 Å². The summed E-state index contributed by atoms with van der Waals surface area (Å²) in [4.78, 5) is 16.9. The Labute approximate surface area is 151 Å². The Hall–Kier alpha value is -1.93. The number of carbonyl (C=O) groups excluding carboxylic acids is 1. The molecule has 0 aliphatic heterocycles. The fourth-order valence-electron chi connectivity index (χ4n) is 2.85. The zero-order valence-electron chi connectivity index (χ0n) is 14.0. The van der Waals surface area contributed by atoms with Crippen LogP contribution in [0.2, 0.25) is 0 Å². The van der Waals surface area contributed by atoms with Crippen LogP contribution in [0.4, 0.5) is 10.8 Å². The summed E-state index contributed by atoms with van der Waals surface area (Å²) in [6.45, 7) is 0. The van der Waals surface area contributed by atoms with Gasteiger partial charge in [-0.25, -0.2) is 13.4 Å². The van der Waals surface area contributed by atoms with E-state index in [2.05, 4.69) is 15.6 Å². The van der Waals surface area contributed by atoms with Gasteiger partial charge in [-0.2, -0.15) is 0 Å². The number of benzene rings is 1. The molecule has 1 aromatic carbocycles. The molecule has 1 aliphatic rings. The van der Waals surface area contributed by atoms with Crippen LogP contribution >= 0.6 is 11.3 Å². The van der Waals surface area contributed by atoms with E-state index < -0.39 is 9.84 Å². The molecule has 0 unspecified atom stereocenters. The monoisotopic (exact) mass is 379 g/mol. The first-order valence-corrected chi connectivity index (χ1v) is 11.0. The number of nitrogens with one attached hydrogen (secondary N) is 2. The molecule has 1 aliphatic carbocycles. The Morgan fingerprint density at radius 1 is 1.16 bits per heavy atom. The minimum absolute atomic E-state index is 0.136. The van der Waals surface area contributed by atoms with Crippen LogP contribution < -0.4 is 10.6 Å². The lowest BCUT2D eigenvalue weighted by Crippen LogP contribution is -2.36. The van der Waals surface area contributed by atoms with E-state index in [4.69, 9.17) is 0 Å². The SMILES string of the molecule is CS(=O)(=O)c1ccc(Nc2nc(C(=O)NC3CCCCC3)cs2)cc1. The normalized spacial score (nSPS) is 15.7. The van der Waals surface area contributed by atoms with Crippen molar-refractivity contribution in [3.63, 3.8) is 0 Å². The number of hydrogen-bond donors (Lipinski definition) is 2. The van der Waals surface area contributed by atoms with Crippen molar-refractivity contribution in [3.05, 3.63) is 35.3 Å². The maximum Gasteiger partial charge on any atom is 0.271 e. The van der Waals surface area contributed by atoms with Crippen LogP contribution in [0.15, 0.2) is 34.5 Å². The van der Waals surface area contributed by atoms with E-state index >= 15 is 0 Å². The van der Waals surface area contributed by atoms with Crippen LogP contribution in [0, 0.1) is 0 Å². The number of rotatable bonds is 5. The molecule has 134 valence electrons. The van der Waals surface area contributed by atoms with E-state index in [9.17, 15) is 13.2 Å². The molecule has 1 saturated carbocycles. The summed E-state index contributed by atoms with van der Waals surface area (Å²) < 4.78 is 22.9. The van der Waals surface area contributed by atoms with Gasteiger partial charge in [0.05, 0.1) is 4.90 Å². The second-order valence-corrected chi connectivity index (χ2v) is 9.14. The van der Waals surface area contributed by atoms with Crippen molar-refractivity contribution in [2.24, 2.45) is 0 Å². The number of thiazole rings is 1. The van der Waals surface area contributed by atoms with Crippen LogP contribution in [-0.4, -0.2) is 31.6 Å². The number of amides is 1. The summed E-state index contributed by atoms with van der Waals surface area (Å²) in [5, 5.41) is 8.47. The van der Waals surface area contributed by atoms with Gasteiger partial charge in [0.25, 0.3) is 5.91 Å². The molecule has 6 nitrogen and oxygen atoms in total. The third-order valence-electron chi connectivity index (χ3n) is 4.21. The molecule has 25 heavy (non-hydrogen) atoms. The van der Waals surface area contributed by atoms with Crippen molar-refractivity contribution >= 4 is 37.9 Å². The first-order valence-electron chi connectivity index (χ1n) is 8.25. The molecule has 2 N–H and O–H groups in total. The topological polar surface area (TPSA) is 88.2 Å². The van der Waals surface area contributed by atoms with E-state index in [1.54, 1.807) is 29.6 Å². The summed E-state index contributed by atoms with van der Waals surface area (Å²) in [5.74, 6) is -0.136. The Morgan fingerprint density at radius 2 is 1.84 bits per heavy atom. The van der Waals surface area contributed by atoms with Gasteiger partial charge in [-0.3, -0.25) is 4.79 Å². The standard InChI is InChI=1S/C17H21N3O3S2/c1-25(22,23)14-9-7-13(8-10-14)19-17-20-15(11-24-17)16(21)18-12-5-3-2-4-6-12/h7-12H,2-6H2,1H3,(H,18,21)(H,19,20). The third-order valence-corrected chi connectivity index (χ3v) is 6.10. The molecule has 1 fully saturated rings. The average molecular weight is 380 g/mol. The first-order chi connectivity index (χ1) is 11.9. The highest BCUT2D eigenvalue weighted by Crippen LogP contribution is 2.23. The van der Waals surface area contributed by atoms with Gasteiger partial charge in [-0.15, -0.1) is 11.3 Å². The Kier molecular flexibility index (Phi) is 5.39. The lowest BCUT2D eigenvalue weighted by atomic mass is 9.95. The summed E-state index contributed by atoms with van der Waals surface area (Å²) in [6, 6.07) is 6.70. The zero-order valence-corrected chi connectivity index (χ0v) is 15.6. The van der Waals surface area contributed by atoms with Gasteiger partial charge in [0.1, 0.15) is 5.69 Å². The molecule has 0 bridgehead atoms. The van der Waals surface area contributed by atoms with Crippen LogP contribution in [0.1, 0.15) is 42.6 Å². The molecule has 0 spiro atoms. The van der Waals surface area contributed by atoms with Crippen LogP contribution in [0.25, 0.3) is 0 Å². The number of sulfone groups is 1. The van der Waals surface area contributed by atoms with Gasteiger partial charge in [0, 0.05) is 23.4 Å². The van der Waals surface area contributed by atoms with Crippen LogP contribution in [-0.2, 0) is 9.84 Å². The number of aromatic nitrogens is 1.